The highest BCUT2D eigenvalue weighted by Gasteiger charge is 2.33. The first-order valence-electron chi connectivity index (χ1n) is 5.70. The molecular formula is C12H23NO2. The van der Waals surface area contributed by atoms with Gasteiger partial charge in [0.15, 0.2) is 0 Å². The average Bonchev–Trinajstić information content (AvgIpc) is 2.18. The van der Waals surface area contributed by atoms with Gasteiger partial charge in [0.05, 0.1) is 6.10 Å². The van der Waals surface area contributed by atoms with Crippen molar-refractivity contribution in [3.8, 4) is 0 Å². The van der Waals surface area contributed by atoms with Gasteiger partial charge in [0, 0.05) is 27.6 Å². The molecule has 88 valence electrons. The summed E-state index contributed by atoms with van der Waals surface area (Å²) in [4.78, 5) is 13.4. The van der Waals surface area contributed by atoms with Crippen LogP contribution < -0.4 is 0 Å². The van der Waals surface area contributed by atoms with Crippen molar-refractivity contribution < 1.29 is 9.53 Å². The summed E-state index contributed by atoms with van der Waals surface area (Å²) in [6, 6.07) is 0. The lowest BCUT2D eigenvalue weighted by molar-refractivity contribution is -0.132. The van der Waals surface area contributed by atoms with Gasteiger partial charge in [-0.05, 0) is 31.1 Å². The van der Waals surface area contributed by atoms with E-state index < -0.39 is 0 Å². The molecule has 0 unspecified atom stereocenters. The monoisotopic (exact) mass is 213 g/mol. The smallest absolute Gasteiger partial charge is 0.222 e. The maximum Gasteiger partial charge on any atom is 0.222 e. The van der Waals surface area contributed by atoms with Gasteiger partial charge in [-0.3, -0.25) is 4.79 Å². The Morgan fingerprint density at radius 1 is 1.40 bits per heavy atom. The zero-order valence-electron chi connectivity index (χ0n) is 10.4. The van der Waals surface area contributed by atoms with Crippen molar-refractivity contribution in [1.29, 1.82) is 0 Å². The summed E-state index contributed by atoms with van der Waals surface area (Å²) in [6.07, 6.45) is 5.47. The lowest BCUT2D eigenvalue weighted by Gasteiger charge is -2.36. The molecule has 1 saturated carbocycles. The minimum Gasteiger partial charge on any atom is -0.381 e. The van der Waals surface area contributed by atoms with Gasteiger partial charge in [-0.15, -0.1) is 0 Å². The second-order valence-electron chi connectivity index (χ2n) is 5.21. The van der Waals surface area contributed by atoms with Crippen LogP contribution in [0.5, 0.6) is 0 Å². The van der Waals surface area contributed by atoms with Crippen LogP contribution in [0, 0.1) is 5.41 Å². The van der Waals surface area contributed by atoms with Gasteiger partial charge in [-0.2, -0.15) is 0 Å². The third-order valence-corrected chi connectivity index (χ3v) is 3.55. The van der Waals surface area contributed by atoms with Gasteiger partial charge in [0.2, 0.25) is 5.91 Å². The molecule has 0 saturated heterocycles. The second-order valence-corrected chi connectivity index (χ2v) is 5.21. The van der Waals surface area contributed by atoms with Gasteiger partial charge in [0.25, 0.3) is 0 Å². The number of hydrogen-bond acceptors (Lipinski definition) is 2. The van der Waals surface area contributed by atoms with Crippen molar-refractivity contribution in [1.82, 2.24) is 4.90 Å². The Hall–Kier alpha value is -0.570. The SMILES string of the molecule is COC1CCC(C)(CC(=O)N(C)C)CC1. The quantitative estimate of drug-likeness (QED) is 0.718. The Labute approximate surface area is 92.8 Å². The number of nitrogens with zero attached hydrogens (tertiary/aromatic N) is 1. The number of amides is 1. The first kappa shape index (κ1) is 12.5. The summed E-state index contributed by atoms with van der Waals surface area (Å²) in [6.45, 7) is 2.22. The predicted molar refractivity (Wildman–Crippen MR) is 60.7 cm³/mol. The summed E-state index contributed by atoms with van der Waals surface area (Å²) >= 11 is 0. The molecular weight excluding hydrogens is 190 g/mol. The molecule has 1 amide bonds. The van der Waals surface area contributed by atoms with Crippen molar-refractivity contribution in [2.75, 3.05) is 21.2 Å². The van der Waals surface area contributed by atoms with E-state index >= 15 is 0 Å². The summed E-state index contributed by atoms with van der Waals surface area (Å²) < 4.78 is 5.34. The summed E-state index contributed by atoms with van der Waals surface area (Å²) in [7, 11) is 5.43. The predicted octanol–water partition coefficient (Wildman–Crippen LogP) is 2.06. The summed E-state index contributed by atoms with van der Waals surface area (Å²) in [5.41, 5.74) is 0.191. The fraction of sp³-hybridized carbons (Fsp3) is 0.917. The van der Waals surface area contributed by atoms with Crippen LogP contribution in [0.1, 0.15) is 39.0 Å². The van der Waals surface area contributed by atoms with Gasteiger partial charge in [-0.25, -0.2) is 0 Å². The van der Waals surface area contributed by atoms with E-state index in [2.05, 4.69) is 6.92 Å². The zero-order chi connectivity index (χ0) is 11.5. The van der Waals surface area contributed by atoms with E-state index in [1.54, 1.807) is 12.0 Å². The number of carbonyl (C=O) groups excluding carboxylic acids is 1. The van der Waals surface area contributed by atoms with Crippen LogP contribution in [0.25, 0.3) is 0 Å². The van der Waals surface area contributed by atoms with Crippen molar-refractivity contribution in [2.45, 2.75) is 45.1 Å². The number of methoxy groups -OCH3 is 1. The molecule has 3 nitrogen and oxygen atoms in total. The van der Waals surface area contributed by atoms with Gasteiger partial charge in [-0.1, -0.05) is 6.92 Å². The van der Waals surface area contributed by atoms with Crippen molar-refractivity contribution in [3.63, 3.8) is 0 Å². The highest BCUT2D eigenvalue weighted by molar-refractivity contribution is 5.76. The van der Waals surface area contributed by atoms with Crippen molar-refractivity contribution >= 4 is 5.91 Å². The second kappa shape index (κ2) is 4.97. The molecule has 15 heavy (non-hydrogen) atoms. The molecule has 0 aromatic heterocycles. The van der Waals surface area contributed by atoms with Crippen LogP contribution in [0.4, 0.5) is 0 Å². The van der Waals surface area contributed by atoms with Gasteiger partial charge < -0.3 is 9.64 Å². The van der Waals surface area contributed by atoms with Crippen molar-refractivity contribution in [3.05, 3.63) is 0 Å². The lowest BCUT2D eigenvalue weighted by atomic mass is 9.72. The Morgan fingerprint density at radius 2 is 1.93 bits per heavy atom. The summed E-state index contributed by atoms with van der Waals surface area (Å²) in [5, 5.41) is 0. The van der Waals surface area contributed by atoms with E-state index in [9.17, 15) is 4.79 Å². The maximum absolute atomic E-state index is 11.7. The highest BCUT2D eigenvalue weighted by atomic mass is 16.5. The van der Waals surface area contributed by atoms with E-state index in [0.29, 0.717) is 12.5 Å². The van der Waals surface area contributed by atoms with Crippen molar-refractivity contribution in [2.24, 2.45) is 5.41 Å². The van der Waals surface area contributed by atoms with E-state index in [1.807, 2.05) is 14.1 Å². The molecule has 0 bridgehead atoms. The Kier molecular flexibility index (Phi) is 4.14. The van der Waals surface area contributed by atoms with E-state index in [0.717, 1.165) is 25.7 Å². The topological polar surface area (TPSA) is 29.5 Å². The molecule has 1 fully saturated rings. The number of carbonyl (C=O) groups is 1. The molecule has 0 spiro atoms. The van der Waals surface area contributed by atoms with Crippen LogP contribution in [0.15, 0.2) is 0 Å². The van der Waals surface area contributed by atoms with Crippen LogP contribution in [0.3, 0.4) is 0 Å². The summed E-state index contributed by atoms with van der Waals surface area (Å²) in [5.74, 6) is 0.244. The van der Waals surface area contributed by atoms with Gasteiger partial charge >= 0.3 is 0 Å². The Balaban J connectivity index is 2.44. The zero-order valence-corrected chi connectivity index (χ0v) is 10.4. The Bertz CT molecular complexity index is 218. The fourth-order valence-electron chi connectivity index (χ4n) is 2.22. The highest BCUT2D eigenvalue weighted by Crippen LogP contribution is 2.39. The molecule has 0 heterocycles. The molecule has 0 radical (unpaired) electrons. The molecule has 0 N–H and O–H groups in total. The number of ether oxygens (including phenoxy) is 1. The molecule has 0 aromatic rings. The van der Waals surface area contributed by atoms with Crippen LogP contribution in [-0.2, 0) is 9.53 Å². The van der Waals surface area contributed by atoms with Crippen LogP contribution in [0.2, 0.25) is 0 Å². The molecule has 0 atom stereocenters. The van der Waals surface area contributed by atoms with Crippen LogP contribution in [-0.4, -0.2) is 38.1 Å². The average molecular weight is 213 g/mol. The number of hydrogen-bond donors (Lipinski definition) is 0. The van der Waals surface area contributed by atoms with E-state index in [-0.39, 0.29) is 11.3 Å². The standard InChI is InChI=1S/C12H23NO2/c1-12(9-11(14)13(2)3)7-5-10(15-4)6-8-12/h10H,5-9H2,1-4H3. The molecule has 0 aromatic carbocycles. The number of rotatable bonds is 3. The minimum absolute atomic E-state index is 0.191. The Morgan fingerprint density at radius 3 is 2.33 bits per heavy atom. The van der Waals surface area contributed by atoms with E-state index in [1.165, 1.54) is 0 Å². The third-order valence-electron chi connectivity index (χ3n) is 3.55. The molecule has 1 aliphatic carbocycles. The molecule has 1 rings (SSSR count). The molecule has 3 heteroatoms. The first-order chi connectivity index (χ1) is 6.97. The lowest BCUT2D eigenvalue weighted by Crippen LogP contribution is -2.34. The molecule has 0 aliphatic heterocycles. The maximum atomic E-state index is 11.7. The van der Waals surface area contributed by atoms with E-state index in [4.69, 9.17) is 4.74 Å². The molecule has 1 aliphatic rings. The van der Waals surface area contributed by atoms with Gasteiger partial charge in [0.1, 0.15) is 0 Å². The first-order valence-corrected chi connectivity index (χ1v) is 5.70. The van der Waals surface area contributed by atoms with Crippen LogP contribution >= 0.6 is 0 Å². The normalized spacial score (nSPS) is 31.3. The third kappa shape index (κ3) is 3.49. The minimum atomic E-state index is 0.191. The fourth-order valence-corrected chi connectivity index (χ4v) is 2.22. The largest absolute Gasteiger partial charge is 0.381 e.